The van der Waals surface area contributed by atoms with E-state index in [1.807, 2.05) is 6.20 Å². The predicted octanol–water partition coefficient (Wildman–Crippen LogP) is 3.67. The number of rotatable bonds is 2. The molecule has 1 aliphatic carbocycles. The van der Waals surface area contributed by atoms with Crippen molar-refractivity contribution in [3.63, 3.8) is 0 Å². The van der Waals surface area contributed by atoms with E-state index in [-0.39, 0.29) is 6.04 Å². The Labute approximate surface area is 105 Å². The standard InChI is InChI=1S/C15H24N2/c1-11-9-12(2)15(17-10-11)14(16)13-7-5-3-4-6-8-13/h9-10,13-14H,3-8,16H2,1-2H3. The summed E-state index contributed by atoms with van der Waals surface area (Å²) in [7, 11) is 0. The average molecular weight is 232 g/mol. The minimum atomic E-state index is 0.133. The zero-order valence-electron chi connectivity index (χ0n) is 11.1. The maximum absolute atomic E-state index is 6.43. The van der Waals surface area contributed by atoms with Gasteiger partial charge in [-0.05, 0) is 43.7 Å². The van der Waals surface area contributed by atoms with Crippen LogP contribution in [0.15, 0.2) is 12.3 Å². The SMILES string of the molecule is Cc1cnc(C(N)C2CCCCCC2)c(C)c1. The zero-order valence-corrected chi connectivity index (χ0v) is 11.1. The van der Waals surface area contributed by atoms with E-state index >= 15 is 0 Å². The molecule has 94 valence electrons. The summed E-state index contributed by atoms with van der Waals surface area (Å²) in [6, 6.07) is 2.33. The van der Waals surface area contributed by atoms with Gasteiger partial charge in [-0.3, -0.25) is 4.98 Å². The van der Waals surface area contributed by atoms with E-state index in [9.17, 15) is 0 Å². The van der Waals surface area contributed by atoms with Crippen molar-refractivity contribution in [1.82, 2.24) is 4.98 Å². The van der Waals surface area contributed by atoms with Gasteiger partial charge in [0, 0.05) is 6.20 Å². The number of nitrogens with two attached hydrogens (primary N) is 1. The molecule has 1 fully saturated rings. The molecule has 1 aromatic rings. The molecule has 2 heteroatoms. The molecule has 2 rings (SSSR count). The highest BCUT2D eigenvalue weighted by atomic mass is 14.8. The molecule has 17 heavy (non-hydrogen) atoms. The van der Waals surface area contributed by atoms with Crippen molar-refractivity contribution in [2.45, 2.75) is 58.4 Å². The largest absolute Gasteiger partial charge is 0.322 e. The molecule has 1 aromatic heterocycles. The van der Waals surface area contributed by atoms with E-state index in [0.29, 0.717) is 5.92 Å². The van der Waals surface area contributed by atoms with Crippen LogP contribution in [-0.2, 0) is 0 Å². The highest BCUT2D eigenvalue weighted by molar-refractivity contribution is 5.25. The van der Waals surface area contributed by atoms with Gasteiger partial charge in [-0.1, -0.05) is 31.7 Å². The van der Waals surface area contributed by atoms with Crippen LogP contribution < -0.4 is 5.73 Å². The first-order chi connectivity index (χ1) is 8.18. The molecular weight excluding hydrogens is 208 g/mol. The van der Waals surface area contributed by atoms with Crippen LogP contribution in [0.2, 0.25) is 0 Å². The van der Waals surface area contributed by atoms with Gasteiger partial charge in [0.2, 0.25) is 0 Å². The smallest absolute Gasteiger partial charge is 0.0603 e. The second kappa shape index (κ2) is 5.63. The highest BCUT2D eigenvalue weighted by Crippen LogP contribution is 2.32. The van der Waals surface area contributed by atoms with Gasteiger partial charge in [-0.25, -0.2) is 0 Å². The van der Waals surface area contributed by atoms with Crippen LogP contribution in [-0.4, -0.2) is 4.98 Å². The lowest BCUT2D eigenvalue weighted by Crippen LogP contribution is -2.23. The van der Waals surface area contributed by atoms with Gasteiger partial charge >= 0.3 is 0 Å². The van der Waals surface area contributed by atoms with Crippen LogP contribution in [0.1, 0.15) is 61.4 Å². The van der Waals surface area contributed by atoms with E-state index in [1.165, 1.54) is 49.7 Å². The number of nitrogens with zero attached hydrogens (tertiary/aromatic N) is 1. The van der Waals surface area contributed by atoms with Crippen molar-refractivity contribution >= 4 is 0 Å². The lowest BCUT2D eigenvalue weighted by Gasteiger charge is -2.23. The van der Waals surface area contributed by atoms with Crippen molar-refractivity contribution in [3.8, 4) is 0 Å². The third-order valence-corrected chi connectivity index (χ3v) is 3.98. The van der Waals surface area contributed by atoms with Crippen LogP contribution >= 0.6 is 0 Å². The van der Waals surface area contributed by atoms with Crippen molar-refractivity contribution in [2.24, 2.45) is 11.7 Å². The lowest BCUT2D eigenvalue weighted by molar-refractivity contribution is 0.375. The summed E-state index contributed by atoms with van der Waals surface area (Å²) in [5.41, 5.74) is 10.0. The zero-order chi connectivity index (χ0) is 12.3. The molecule has 0 amide bonds. The monoisotopic (exact) mass is 232 g/mol. The Balaban J connectivity index is 2.14. The van der Waals surface area contributed by atoms with Gasteiger partial charge in [0.05, 0.1) is 11.7 Å². The molecule has 0 bridgehead atoms. The highest BCUT2D eigenvalue weighted by Gasteiger charge is 2.22. The summed E-state index contributed by atoms with van der Waals surface area (Å²) in [6.07, 6.45) is 9.92. The number of hydrogen-bond acceptors (Lipinski definition) is 2. The molecular formula is C15H24N2. The van der Waals surface area contributed by atoms with Crippen molar-refractivity contribution in [1.29, 1.82) is 0 Å². The second-order valence-electron chi connectivity index (χ2n) is 5.49. The lowest BCUT2D eigenvalue weighted by atomic mass is 9.88. The van der Waals surface area contributed by atoms with Crippen molar-refractivity contribution < 1.29 is 0 Å². The molecule has 1 unspecified atom stereocenters. The summed E-state index contributed by atoms with van der Waals surface area (Å²) >= 11 is 0. The fraction of sp³-hybridized carbons (Fsp3) is 0.667. The Hall–Kier alpha value is -0.890. The second-order valence-corrected chi connectivity index (χ2v) is 5.49. The molecule has 0 aromatic carbocycles. The van der Waals surface area contributed by atoms with E-state index in [1.54, 1.807) is 0 Å². The summed E-state index contributed by atoms with van der Waals surface area (Å²) < 4.78 is 0. The molecule has 2 N–H and O–H groups in total. The molecule has 0 radical (unpaired) electrons. The number of aryl methyl sites for hydroxylation is 2. The fourth-order valence-electron chi connectivity index (χ4n) is 2.97. The van der Waals surface area contributed by atoms with Gasteiger partial charge in [0.1, 0.15) is 0 Å². The van der Waals surface area contributed by atoms with Gasteiger partial charge in [-0.2, -0.15) is 0 Å². The third-order valence-electron chi connectivity index (χ3n) is 3.98. The molecule has 1 atom stereocenters. The molecule has 2 nitrogen and oxygen atoms in total. The van der Waals surface area contributed by atoms with Crippen LogP contribution in [0, 0.1) is 19.8 Å². The summed E-state index contributed by atoms with van der Waals surface area (Å²) in [5, 5.41) is 0. The van der Waals surface area contributed by atoms with Gasteiger partial charge in [-0.15, -0.1) is 0 Å². The minimum absolute atomic E-state index is 0.133. The molecule has 0 spiro atoms. The quantitative estimate of drug-likeness (QED) is 0.790. The van der Waals surface area contributed by atoms with Crippen molar-refractivity contribution in [2.75, 3.05) is 0 Å². The average Bonchev–Trinajstić information content (AvgIpc) is 2.56. The van der Waals surface area contributed by atoms with E-state index in [0.717, 1.165) is 5.69 Å². The fourth-order valence-corrected chi connectivity index (χ4v) is 2.97. The summed E-state index contributed by atoms with van der Waals surface area (Å²) in [4.78, 5) is 4.56. The van der Waals surface area contributed by atoms with Gasteiger partial charge in [0.25, 0.3) is 0 Å². The van der Waals surface area contributed by atoms with Crippen molar-refractivity contribution in [3.05, 3.63) is 29.1 Å². The Kier molecular flexibility index (Phi) is 4.16. The van der Waals surface area contributed by atoms with E-state index in [2.05, 4.69) is 24.9 Å². The van der Waals surface area contributed by atoms with Gasteiger partial charge < -0.3 is 5.73 Å². The maximum Gasteiger partial charge on any atom is 0.0603 e. The Morgan fingerprint density at radius 1 is 1.18 bits per heavy atom. The number of hydrogen-bond donors (Lipinski definition) is 1. The summed E-state index contributed by atoms with van der Waals surface area (Å²) in [5.74, 6) is 0.631. The first-order valence-electron chi connectivity index (χ1n) is 6.87. The molecule has 0 aliphatic heterocycles. The Bertz CT molecular complexity index is 365. The number of aromatic nitrogens is 1. The third kappa shape index (κ3) is 3.06. The Morgan fingerprint density at radius 2 is 1.82 bits per heavy atom. The van der Waals surface area contributed by atoms with E-state index < -0.39 is 0 Å². The first-order valence-corrected chi connectivity index (χ1v) is 6.87. The van der Waals surface area contributed by atoms with Crippen LogP contribution in [0.25, 0.3) is 0 Å². The van der Waals surface area contributed by atoms with Crippen LogP contribution in [0.4, 0.5) is 0 Å². The van der Waals surface area contributed by atoms with E-state index in [4.69, 9.17) is 5.73 Å². The molecule has 1 heterocycles. The summed E-state index contributed by atoms with van der Waals surface area (Å²) in [6.45, 7) is 4.22. The molecule has 1 saturated carbocycles. The molecule has 1 aliphatic rings. The normalized spacial score (nSPS) is 19.9. The topological polar surface area (TPSA) is 38.9 Å². The minimum Gasteiger partial charge on any atom is -0.322 e. The van der Waals surface area contributed by atoms with Crippen LogP contribution in [0.5, 0.6) is 0 Å². The maximum atomic E-state index is 6.43. The number of pyridine rings is 1. The molecule has 0 saturated heterocycles. The first kappa shape index (κ1) is 12.6. The Morgan fingerprint density at radius 3 is 2.41 bits per heavy atom. The predicted molar refractivity (Wildman–Crippen MR) is 71.8 cm³/mol. The van der Waals surface area contributed by atoms with Crippen LogP contribution in [0.3, 0.4) is 0 Å². The van der Waals surface area contributed by atoms with Gasteiger partial charge in [0.15, 0.2) is 0 Å².